The number of benzene rings is 1. The maximum atomic E-state index is 12.7. The summed E-state index contributed by atoms with van der Waals surface area (Å²) in [5, 5.41) is 7.82. The highest BCUT2D eigenvalue weighted by molar-refractivity contribution is 5.90. The Morgan fingerprint density at radius 1 is 1.32 bits per heavy atom. The molecule has 2 fully saturated rings. The number of esters is 1. The van der Waals surface area contributed by atoms with Crippen LogP contribution >= 0.6 is 0 Å². The van der Waals surface area contributed by atoms with Crippen LogP contribution in [0.3, 0.4) is 0 Å². The van der Waals surface area contributed by atoms with Crippen molar-refractivity contribution in [2.24, 2.45) is 11.3 Å². The molecule has 6 nitrogen and oxygen atoms in total. The Hall–Kier alpha value is -2.21. The summed E-state index contributed by atoms with van der Waals surface area (Å²) in [5.74, 6) is 0.870. The number of carbonyl (C=O) groups is 1. The van der Waals surface area contributed by atoms with Crippen molar-refractivity contribution in [3.8, 4) is 11.5 Å². The van der Waals surface area contributed by atoms with E-state index in [4.69, 9.17) is 13.9 Å². The van der Waals surface area contributed by atoms with E-state index in [1.54, 1.807) is 25.1 Å². The molecule has 0 N–H and O–H groups in total. The second-order valence-corrected chi connectivity index (χ2v) is 7.45. The van der Waals surface area contributed by atoms with E-state index < -0.39 is 0 Å². The van der Waals surface area contributed by atoms with E-state index in [2.05, 4.69) is 24.0 Å². The molecule has 1 aliphatic carbocycles. The van der Waals surface area contributed by atoms with E-state index in [1.165, 1.54) is 0 Å². The van der Waals surface area contributed by atoms with Gasteiger partial charge in [0.25, 0.3) is 0 Å². The minimum absolute atomic E-state index is 0.111. The van der Waals surface area contributed by atoms with Gasteiger partial charge in [-0.1, -0.05) is 19.9 Å². The monoisotopic (exact) mass is 342 g/mol. The van der Waals surface area contributed by atoms with Gasteiger partial charge < -0.3 is 13.9 Å². The van der Waals surface area contributed by atoms with Crippen LogP contribution in [0.2, 0.25) is 0 Å². The van der Waals surface area contributed by atoms with Crippen LogP contribution in [0.25, 0.3) is 11.5 Å². The second kappa shape index (κ2) is 5.95. The summed E-state index contributed by atoms with van der Waals surface area (Å²) >= 11 is 0. The quantitative estimate of drug-likeness (QED) is 0.796. The summed E-state index contributed by atoms with van der Waals surface area (Å²) in [6.07, 6.45) is 2.15. The molecule has 1 aliphatic heterocycles. The third kappa shape index (κ3) is 2.74. The number of hydrogen-bond acceptors (Lipinski definition) is 6. The number of ether oxygens (including phenoxy) is 2. The lowest BCUT2D eigenvalue weighted by Crippen LogP contribution is -2.65. The first-order chi connectivity index (χ1) is 12.0. The van der Waals surface area contributed by atoms with Crippen LogP contribution in [0.1, 0.15) is 42.9 Å². The van der Waals surface area contributed by atoms with Crippen LogP contribution in [-0.4, -0.2) is 35.0 Å². The molecule has 2 aromatic rings. The van der Waals surface area contributed by atoms with Gasteiger partial charge in [-0.15, -0.1) is 10.2 Å². The Kier molecular flexibility index (Phi) is 3.87. The average molecular weight is 342 g/mol. The molecular weight excluding hydrogens is 320 g/mol. The molecule has 2 heterocycles. The maximum absolute atomic E-state index is 12.7. The molecule has 1 aromatic carbocycles. The number of carbonyl (C=O) groups excluding carboxylic acids is 1. The molecule has 1 aromatic heterocycles. The van der Waals surface area contributed by atoms with Crippen molar-refractivity contribution in [2.75, 3.05) is 6.61 Å². The third-order valence-corrected chi connectivity index (χ3v) is 5.33. The van der Waals surface area contributed by atoms with Crippen molar-refractivity contribution in [1.29, 1.82) is 0 Å². The molecule has 6 heteroatoms. The Morgan fingerprint density at radius 3 is 2.92 bits per heavy atom. The van der Waals surface area contributed by atoms with E-state index in [0.717, 1.165) is 19.4 Å². The first kappa shape index (κ1) is 16.3. The molecule has 1 saturated carbocycles. The molecule has 0 unspecified atom stereocenters. The van der Waals surface area contributed by atoms with Gasteiger partial charge in [-0.25, -0.2) is 4.79 Å². The molecule has 0 radical (unpaired) electrons. The lowest BCUT2D eigenvalue weighted by Gasteiger charge is -2.58. The van der Waals surface area contributed by atoms with Crippen LogP contribution in [0, 0.1) is 18.3 Å². The van der Waals surface area contributed by atoms with Gasteiger partial charge >= 0.3 is 5.97 Å². The van der Waals surface area contributed by atoms with E-state index in [1.807, 2.05) is 6.07 Å². The maximum Gasteiger partial charge on any atom is 0.338 e. The van der Waals surface area contributed by atoms with Crippen molar-refractivity contribution in [2.45, 2.75) is 45.8 Å². The lowest BCUT2D eigenvalue weighted by atomic mass is 9.57. The summed E-state index contributed by atoms with van der Waals surface area (Å²) in [7, 11) is 0. The Morgan fingerprint density at radius 2 is 2.16 bits per heavy atom. The minimum atomic E-state index is -0.319. The number of fused-ring (bicyclic) bond motifs is 1. The SMILES string of the molecule is Cc1nnc(-c2cccc(C(=O)O[C@@H]3[C@H]4CCCO[C@H]4C3(C)C)c2)o1. The van der Waals surface area contributed by atoms with E-state index >= 15 is 0 Å². The molecule has 132 valence electrons. The molecule has 25 heavy (non-hydrogen) atoms. The standard InChI is InChI=1S/C19H22N2O4/c1-11-20-21-17(24-11)12-6-4-7-13(10-12)18(22)25-16-14-8-5-9-23-15(14)19(16,2)3/h4,6-7,10,14-16H,5,8-9H2,1-3H3/t14-,15+,16+/m0/s1. The number of aryl methyl sites for hydroxylation is 1. The molecule has 4 rings (SSSR count). The first-order valence-corrected chi connectivity index (χ1v) is 8.70. The van der Waals surface area contributed by atoms with Crippen LogP contribution in [0.4, 0.5) is 0 Å². The predicted octanol–water partition coefficient (Wildman–Crippen LogP) is 3.41. The fraction of sp³-hybridized carbons (Fsp3) is 0.526. The van der Waals surface area contributed by atoms with E-state index in [9.17, 15) is 4.79 Å². The molecule has 1 saturated heterocycles. The van der Waals surface area contributed by atoms with Crippen LogP contribution in [0.5, 0.6) is 0 Å². The lowest BCUT2D eigenvalue weighted by molar-refractivity contribution is -0.243. The summed E-state index contributed by atoms with van der Waals surface area (Å²) < 4.78 is 17.2. The van der Waals surface area contributed by atoms with Gasteiger partial charge in [-0.3, -0.25) is 0 Å². The highest BCUT2D eigenvalue weighted by atomic mass is 16.6. The van der Waals surface area contributed by atoms with Crippen LogP contribution in [-0.2, 0) is 9.47 Å². The number of rotatable bonds is 3. The largest absolute Gasteiger partial charge is 0.458 e. The first-order valence-electron chi connectivity index (χ1n) is 8.70. The van der Waals surface area contributed by atoms with Crippen molar-refractivity contribution in [3.05, 3.63) is 35.7 Å². The van der Waals surface area contributed by atoms with Gasteiger partial charge in [0.05, 0.1) is 11.7 Å². The summed E-state index contributed by atoms with van der Waals surface area (Å²) in [4.78, 5) is 12.7. The fourth-order valence-electron chi connectivity index (χ4n) is 4.09. The van der Waals surface area contributed by atoms with Gasteiger partial charge in [0.2, 0.25) is 11.8 Å². The molecule has 0 amide bonds. The summed E-state index contributed by atoms with van der Waals surface area (Å²) in [6.45, 7) is 6.75. The molecule has 3 atom stereocenters. The number of nitrogens with zero attached hydrogens (tertiary/aromatic N) is 2. The minimum Gasteiger partial charge on any atom is -0.458 e. The van der Waals surface area contributed by atoms with Gasteiger partial charge in [-0.05, 0) is 31.0 Å². The smallest absolute Gasteiger partial charge is 0.338 e. The number of hydrogen-bond donors (Lipinski definition) is 0. The second-order valence-electron chi connectivity index (χ2n) is 7.45. The molecular formula is C19H22N2O4. The third-order valence-electron chi connectivity index (χ3n) is 5.33. The normalized spacial score (nSPS) is 27.2. The molecule has 0 spiro atoms. The summed E-state index contributed by atoms with van der Waals surface area (Å²) in [6, 6.07) is 7.11. The Labute approximate surface area is 146 Å². The van der Waals surface area contributed by atoms with E-state index in [-0.39, 0.29) is 23.6 Å². The van der Waals surface area contributed by atoms with E-state index in [0.29, 0.717) is 28.8 Å². The highest BCUT2D eigenvalue weighted by Crippen LogP contribution is 2.53. The van der Waals surface area contributed by atoms with Gasteiger partial charge in [0.15, 0.2) is 0 Å². The van der Waals surface area contributed by atoms with Gasteiger partial charge in [0, 0.05) is 30.4 Å². The van der Waals surface area contributed by atoms with Crippen molar-refractivity contribution in [1.82, 2.24) is 10.2 Å². The van der Waals surface area contributed by atoms with Crippen molar-refractivity contribution in [3.63, 3.8) is 0 Å². The number of aromatic nitrogens is 2. The Balaban J connectivity index is 1.52. The zero-order valence-corrected chi connectivity index (χ0v) is 14.7. The van der Waals surface area contributed by atoms with Crippen molar-refractivity contribution >= 4 is 5.97 Å². The van der Waals surface area contributed by atoms with Crippen LogP contribution in [0.15, 0.2) is 28.7 Å². The predicted molar refractivity (Wildman–Crippen MR) is 89.9 cm³/mol. The molecule has 2 aliphatic rings. The fourth-order valence-corrected chi connectivity index (χ4v) is 4.09. The zero-order chi connectivity index (χ0) is 17.6. The summed E-state index contributed by atoms with van der Waals surface area (Å²) in [5.41, 5.74) is 1.05. The Bertz CT molecular complexity index is 798. The van der Waals surface area contributed by atoms with Gasteiger partial charge in [-0.2, -0.15) is 0 Å². The van der Waals surface area contributed by atoms with Crippen LogP contribution < -0.4 is 0 Å². The van der Waals surface area contributed by atoms with Gasteiger partial charge in [0.1, 0.15) is 6.10 Å². The average Bonchev–Trinajstić information content (AvgIpc) is 3.06. The zero-order valence-electron chi connectivity index (χ0n) is 14.7. The van der Waals surface area contributed by atoms with Crippen molar-refractivity contribution < 1.29 is 18.7 Å². The highest BCUT2D eigenvalue weighted by Gasteiger charge is 2.60. The molecule has 0 bridgehead atoms. The topological polar surface area (TPSA) is 74.5 Å².